The molecule has 0 aromatic heterocycles. The lowest BCUT2D eigenvalue weighted by Crippen LogP contribution is -2.25. The van der Waals surface area contributed by atoms with Crippen molar-refractivity contribution in [2.75, 3.05) is 6.54 Å². The highest BCUT2D eigenvalue weighted by Gasteiger charge is 2.65. The number of carbonyl (C=O) groups excluding carboxylic acids is 1. The van der Waals surface area contributed by atoms with E-state index in [-0.39, 0.29) is 5.91 Å². The molecule has 0 aliphatic heterocycles. The zero-order valence-corrected chi connectivity index (χ0v) is 19.2. The molecule has 2 nitrogen and oxygen atoms in total. The zero-order valence-electron chi connectivity index (χ0n) is 19.2. The molecule has 6 aliphatic carbocycles. The minimum Gasteiger partial charge on any atom is -0.352 e. The fourth-order valence-electron chi connectivity index (χ4n) is 7.04. The molecule has 6 saturated carbocycles. The Hall–Kier alpha value is -1.05. The van der Waals surface area contributed by atoms with Gasteiger partial charge in [0.25, 0.3) is 0 Å². The summed E-state index contributed by atoms with van der Waals surface area (Å²) >= 11 is 0. The monoisotopic (exact) mass is 407 g/mol. The van der Waals surface area contributed by atoms with Crippen molar-refractivity contribution in [2.24, 2.45) is 76.9 Å². The molecular formula is C28H41NO. The van der Waals surface area contributed by atoms with Gasteiger partial charge in [0.15, 0.2) is 0 Å². The summed E-state index contributed by atoms with van der Waals surface area (Å²) in [6, 6.07) is 0. The molecule has 1 amide bonds. The van der Waals surface area contributed by atoms with Crippen LogP contribution in [0.25, 0.3) is 0 Å². The number of rotatable bonds is 10. The smallest absolute Gasteiger partial charge is 0.243 e. The van der Waals surface area contributed by atoms with Crippen LogP contribution in [0.2, 0.25) is 0 Å². The van der Waals surface area contributed by atoms with Crippen molar-refractivity contribution in [1.29, 1.82) is 0 Å². The SMILES string of the molecule is CC(C)CNC(=O)/C=C/[C@H]1C[C@@H]1[C@H]1C[C@@H]1[C@H]1C[C@@H]1[C@H]1C[C@@H]1[C@H]1C[C@@H]1/C=C/[C@H]1C[C@@H]1C. The van der Waals surface area contributed by atoms with Crippen LogP contribution in [0, 0.1) is 76.9 Å². The molecule has 0 spiro atoms. The lowest BCUT2D eigenvalue weighted by Gasteiger charge is -2.04. The van der Waals surface area contributed by atoms with E-state index in [9.17, 15) is 4.79 Å². The molecule has 0 heterocycles. The quantitative estimate of drug-likeness (QED) is 0.365. The molecule has 6 rings (SSSR count). The Morgan fingerprint density at radius 3 is 1.70 bits per heavy atom. The Morgan fingerprint density at radius 2 is 1.20 bits per heavy atom. The third-order valence-corrected chi connectivity index (χ3v) is 9.61. The summed E-state index contributed by atoms with van der Waals surface area (Å²) in [4.78, 5) is 11.9. The summed E-state index contributed by atoms with van der Waals surface area (Å²) in [6.45, 7) is 7.45. The van der Waals surface area contributed by atoms with E-state index in [2.05, 4.69) is 44.3 Å². The van der Waals surface area contributed by atoms with Crippen LogP contribution in [-0.4, -0.2) is 12.5 Å². The van der Waals surface area contributed by atoms with Gasteiger partial charge < -0.3 is 5.32 Å². The second-order valence-corrected chi connectivity index (χ2v) is 12.6. The second-order valence-electron chi connectivity index (χ2n) is 12.6. The molecule has 1 N–H and O–H groups in total. The van der Waals surface area contributed by atoms with Gasteiger partial charge in [0.1, 0.15) is 0 Å². The molecule has 6 fully saturated rings. The minimum atomic E-state index is 0.101. The van der Waals surface area contributed by atoms with Crippen LogP contribution in [-0.2, 0) is 4.79 Å². The maximum absolute atomic E-state index is 11.9. The van der Waals surface area contributed by atoms with Crippen molar-refractivity contribution >= 4 is 5.91 Å². The Kier molecular flexibility index (Phi) is 4.74. The molecule has 6 aliphatic rings. The summed E-state index contributed by atoms with van der Waals surface area (Å²) < 4.78 is 0. The predicted molar refractivity (Wildman–Crippen MR) is 121 cm³/mol. The Bertz CT molecular complexity index is 752. The van der Waals surface area contributed by atoms with Crippen LogP contribution in [0.4, 0.5) is 0 Å². The molecule has 0 unspecified atom stereocenters. The van der Waals surface area contributed by atoms with Gasteiger partial charge in [-0.05, 0) is 122 Å². The van der Waals surface area contributed by atoms with Gasteiger partial charge in [0.2, 0.25) is 5.91 Å². The van der Waals surface area contributed by atoms with Crippen molar-refractivity contribution in [3.05, 3.63) is 24.3 Å². The highest BCUT2D eigenvalue weighted by Crippen LogP contribution is 2.72. The third kappa shape index (κ3) is 4.17. The Balaban J connectivity index is 0.891. The standard InChI is InChI=1S/C28H41NO/c1-15(2)14-29-28(30)7-6-19-10-21(19)23-12-25(23)27-13-26(27)24-11-22(24)20-9-18(20)5-4-17-8-16(17)3/h4-7,15-27H,8-14H2,1-3H3,(H,29,30)/b5-4+,7-6+/t16-,17-,18-,19-,20-,21-,22+,23+,24-,25-,26+,27+/m0/s1. The van der Waals surface area contributed by atoms with E-state index < -0.39 is 0 Å². The lowest BCUT2D eigenvalue weighted by atomic mass is 10.1. The van der Waals surface area contributed by atoms with Crippen molar-refractivity contribution in [3.63, 3.8) is 0 Å². The van der Waals surface area contributed by atoms with Crippen LogP contribution in [0.5, 0.6) is 0 Å². The first-order valence-corrected chi connectivity index (χ1v) is 13.1. The van der Waals surface area contributed by atoms with Gasteiger partial charge in [-0.3, -0.25) is 4.79 Å². The number of hydrogen-bond donors (Lipinski definition) is 1. The Labute approximate surface area is 183 Å². The molecule has 0 aromatic carbocycles. The molecular weight excluding hydrogens is 366 g/mol. The highest BCUT2D eigenvalue weighted by molar-refractivity contribution is 5.87. The third-order valence-electron chi connectivity index (χ3n) is 9.61. The molecule has 0 aromatic rings. The molecule has 164 valence electrons. The first kappa shape index (κ1) is 19.6. The van der Waals surface area contributed by atoms with Crippen LogP contribution >= 0.6 is 0 Å². The normalized spacial score (nSPS) is 52.7. The average molecular weight is 408 g/mol. The molecule has 0 saturated heterocycles. The van der Waals surface area contributed by atoms with Crippen LogP contribution < -0.4 is 5.32 Å². The molecule has 2 heteroatoms. The second kappa shape index (κ2) is 7.24. The summed E-state index contributed by atoms with van der Waals surface area (Å²) in [5, 5.41) is 3.00. The Morgan fingerprint density at radius 1 is 0.733 bits per heavy atom. The van der Waals surface area contributed by atoms with E-state index in [1.165, 1.54) is 25.7 Å². The van der Waals surface area contributed by atoms with E-state index in [4.69, 9.17) is 0 Å². The average Bonchev–Trinajstić information content (AvgIpc) is 3.50. The van der Waals surface area contributed by atoms with Gasteiger partial charge in [-0.1, -0.05) is 39.0 Å². The van der Waals surface area contributed by atoms with Crippen molar-refractivity contribution in [3.8, 4) is 0 Å². The van der Waals surface area contributed by atoms with Crippen molar-refractivity contribution in [2.45, 2.75) is 59.3 Å². The van der Waals surface area contributed by atoms with Gasteiger partial charge in [0, 0.05) is 6.54 Å². The first-order chi connectivity index (χ1) is 14.5. The number of nitrogens with one attached hydrogen (secondary N) is 1. The highest BCUT2D eigenvalue weighted by atomic mass is 16.1. The molecule has 30 heavy (non-hydrogen) atoms. The molecule has 0 bridgehead atoms. The van der Waals surface area contributed by atoms with Gasteiger partial charge in [0.05, 0.1) is 0 Å². The molecule has 12 atom stereocenters. The van der Waals surface area contributed by atoms with Crippen molar-refractivity contribution < 1.29 is 4.79 Å². The topological polar surface area (TPSA) is 29.1 Å². The minimum absolute atomic E-state index is 0.101. The summed E-state index contributed by atoms with van der Waals surface area (Å²) in [5.41, 5.74) is 0. The first-order valence-electron chi connectivity index (χ1n) is 13.1. The molecule has 0 radical (unpaired) electrons. The van der Waals surface area contributed by atoms with E-state index in [0.29, 0.717) is 11.8 Å². The van der Waals surface area contributed by atoms with Gasteiger partial charge in [-0.15, -0.1) is 0 Å². The van der Waals surface area contributed by atoms with E-state index in [1.54, 1.807) is 12.8 Å². The zero-order chi connectivity index (χ0) is 20.6. The number of hydrogen-bond acceptors (Lipinski definition) is 1. The summed E-state index contributed by atoms with van der Waals surface area (Å²) in [7, 11) is 0. The number of allylic oxidation sites excluding steroid dienone is 3. The fraction of sp³-hybridized carbons (Fsp3) is 0.821. The predicted octanol–water partition coefficient (Wildman–Crippen LogP) is 5.71. The largest absolute Gasteiger partial charge is 0.352 e. The van der Waals surface area contributed by atoms with Crippen LogP contribution in [0.1, 0.15) is 59.3 Å². The lowest BCUT2D eigenvalue weighted by molar-refractivity contribution is -0.116. The maximum Gasteiger partial charge on any atom is 0.243 e. The van der Waals surface area contributed by atoms with Crippen LogP contribution in [0.3, 0.4) is 0 Å². The summed E-state index contributed by atoms with van der Waals surface area (Å²) in [5.74, 6) is 12.6. The fourth-order valence-corrected chi connectivity index (χ4v) is 7.04. The van der Waals surface area contributed by atoms with E-state index in [1.807, 2.05) is 6.08 Å². The van der Waals surface area contributed by atoms with Gasteiger partial charge >= 0.3 is 0 Å². The van der Waals surface area contributed by atoms with Crippen molar-refractivity contribution in [1.82, 2.24) is 5.32 Å². The van der Waals surface area contributed by atoms with E-state index >= 15 is 0 Å². The maximum atomic E-state index is 11.9. The number of amides is 1. The number of carbonyl (C=O) groups is 1. The van der Waals surface area contributed by atoms with E-state index in [0.717, 1.165) is 71.6 Å². The van der Waals surface area contributed by atoms with Gasteiger partial charge in [-0.2, -0.15) is 0 Å². The summed E-state index contributed by atoms with van der Waals surface area (Å²) in [6.07, 6.45) is 18.1. The van der Waals surface area contributed by atoms with Gasteiger partial charge in [-0.25, -0.2) is 0 Å². The van der Waals surface area contributed by atoms with Crippen LogP contribution in [0.15, 0.2) is 24.3 Å².